The normalized spacial score (nSPS) is 13.6. The van der Waals surface area contributed by atoms with Gasteiger partial charge in [0.05, 0.1) is 5.69 Å². The Morgan fingerprint density at radius 1 is 1.18 bits per heavy atom. The highest BCUT2D eigenvalue weighted by Gasteiger charge is 2.32. The Morgan fingerprint density at radius 2 is 1.82 bits per heavy atom. The Bertz CT molecular complexity index is 488. The predicted octanol–water partition coefficient (Wildman–Crippen LogP) is 2.43. The molecule has 0 aliphatic carbocycles. The van der Waals surface area contributed by atoms with Gasteiger partial charge < -0.3 is 5.11 Å². The van der Waals surface area contributed by atoms with Crippen LogP contribution in [-0.4, -0.2) is 14.9 Å². The van der Waals surface area contributed by atoms with Gasteiger partial charge in [-0.25, -0.2) is 0 Å². The molecule has 2 rings (SSSR count). The number of hydrogen-bond donors (Lipinski definition) is 1. The molecule has 90 valence electrons. The van der Waals surface area contributed by atoms with Crippen molar-refractivity contribution < 1.29 is 5.11 Å². The highest BCUT2D eigenvalue weighted by molar-refractivity contribution is 5.27. The van der Waals surface area contributed by atoms with Crippen molar-refractivity contribution in [1.29, 1.82) is 0 Å². The largest absolute Gasteiger partial charge is 0.386 e. The maximum absolute atomic E-state index is 10.4. The number of aliphatic hydroxyl groups excluding tert-OH is 1. The van der Waals surface area contributed by atoms with Crippen molar-refractivity contribution in [3.8, 4) is 0 Å². The molecule has 1 aromatic heterocycles. The molecule has 1 unspecified atom stereocenters. The summed E-state index contributed by atoms with van der Waals surface area (Å²) >= 11 is 0. The van der Waals surface area contributed by atoms with Gasteiger partial charge in [0.25, 0.3) is 0 Å². The molecule has 0 saturated heterocycles. The van der Waals surface area contributed by atoms with Crippen LogP contribution in [0.5, 0.6) is 0 Å². The van der Waals surface area contributed by atoms with Gasteiger partial charge in [-0.15, -0.1) is 0 Å². The van der Waals surface area contributed by atoms with Gasteiger partial charge in [0, 0.05) is 18.7 Å². The monoisotopic (exact) mass is 230 g/mol. The number of rotatable bonds is 3. The molecule has 3 nitrogen and oxygen atoms in total. The molecule has 3 heteroatoms. The lowest BCUT2D eigenvalue weighted by atomic mass is 9.78. The van der Waals surface area contributed by atoms with E-state index in [1.165, 1.54) is 0 Å². The number of nitrogens with zero attached hydrogens (tertiary/aromatic N) is 2. The van der Waals surface area contributed by atoms with Gasteiger partial charge >= 0.3 is 0 Å². The zero-order valence-electron chi connectivity index (χ0n) is 10.5. The Hall–Kier alpha value is -1.61. The second kappa shape index (κ2) is 4.34. The Labute approximate surface area is 102 Å². The first-order chi connectivity index (χ1) is 8.01. The van der Waals surface area contributed by atoms with E-state index in [1.54, 1.807) is 4.68 Å². The minimum Gasteiger partial charge on any atom is -0.386 e. The van der Waals surface area contributed by atoms with Crippen molar-refractivity contribution in [3.05, 3.63) is 53.9 Å². The summed E-state index contributed by atoms with van der Waals surface area (Å²) < 4.78 is 1.71. The summed E-state index contributed by atoms with van der Waals surface area (Å²) in [4.78, 5) is 0. The molecular weight excluding hydrogens is 212 g/mol. The number of hydrogen-bond acceptors (Lipinski definition) is 2. The molecule has 0 fully saturated rings. The smallest absolute Gasteiger partial charge is 0.107 e. The third kappa shape index (κ3) is 2.24. The van der Waals surface area contributed by atoms with Gasteiger partial charge in [-0.1, -0.05) is 44.2 Å². The molecule has 17 heavy (non-hydrogen) atoms. The molecule has 0 bridgehead atoms. The summed E-state index contributed by atoms with van der Waals surface area (Å²) in [5.74, 6) is 0. The van der Waals surface area contributed by atoms with Crippen molar-refractivity contribution in [2.24, 2.45) is 7.05 Å². The van der Waals surface area contributed by atoms with E-state index in [9.17, 15) is 5.11 Å². The van der Waals surface area contributed by atoms with E-state index in [2.05, 4.69) is 5.10 Å². The zero-order chi connectivity index (χ0) is 12.5. The standard InChI is InChI=1S/C14H18N2O/c1-14(2,11-7-5-4-6-8-11)13(17)12-9-10-16(3)15-12/h4-10,13,17H,1-3H3. The van der Waals surface area contributed by atoms with Crippen molar-refractivity contribution in [3.63, 3.8) is 0 Å². The van der Waals surface area contributed by atoms with Crippen LogP contribution < -0.4 is 0 Å². The number of benzene rings is 1. The number of aryl methyl sites for hydroxylation is 1. The topological polar surface area (TPSA) is 38.0 Å². The maximum atomic E-state index is 10.4. The molecule has 0 spiro atoms. The van der Waals surface area contributed by atoms with E-state index in [1.807, 2.05) is 63.5 Å². The van der Waals surface area contributed by atoms with Gasteiger partial charge in [0.15, 0.2) is 0 Å². The molecule has 0 saturated carbocycles. The van der Waals surface area contributed by atoms with Crippen LogP contribution >= 0.6 is 0 Å². The first-order valence-corrected chi connectivity index (χ1v) is 5.75. The molecule has 1 heterocycles. The Kier molecular flexibility index (Phi) is 3.03. The van der Waals surface area contributed by atoms with Crippen LogP contribution in [0, 0.1) is 0 Å². The van der Waals surface area contributed by atoms with Crippen LogP contribution in [0.15, 0.2) is 42.6 Å². The van der Waals surface area contributed by atoms with E-state index in [0.717, 1.165) is 5.56 Å². The third-order valence-electron chi connectivity index (χ3n) is 3.22. The molecule has 1 N–H and O–H groups in total. The van der Waals surface area contributed by atoms with Crippen LogP contribution in [0.25, 0.3) is 0 Å². The molecule has 0 aliphatic heterocycles. The fourth-order valence-electron chi connectivity index (χ4n) is 1.97. The predicted molar refractivity (Wildman–Crippen MR) is 67.6 cm³/mol. The molecule has 1 aromatic carbocycles. The molecule has 1 atom stereocenters. The quantitative estimate of drug-likeness (QED) is 0.879. The van der Waals surface area contributed by atoms with Gasteiger partial charge in [-0.05, 0) is 11.6 Å². The molecular formula is C14H18N2O. The zero-order valence-corrected chi connectivity index (χ0v) is 10.5. The van der Waals surface area contributed by atoms with Crippen LogP contribution in [0.1, 0.15) is 31.2 Å². The van der Waals surface area contributed by atoms with E-state index in [-0.39, 0.29) is 5.41 Å². The van der Waals surface area contributed by atoms with Crippen LogP contribution in [0.3, 0.4) is 0 Å². The van der Waals surface area contributed by atoms with Crippen LogP contribution in [0.4, 0.5) is 0 Å². The van der Waals surface area contributed by atoms with E-state index in [4.69, 9.17) is 0 Å². The van der Waals surface area contributed by atoms with Gasteiger partial charge in [-0.2, -0.15) is 5.10 Å². The number of aliphatic hydroxyl groups is 1. The lowest BCUT2D eigenvalue weighted by Gasteiger charge is -2.30. The third-order valence-corrected chi connectivity index (χ3v) is 3.22. The Balaban J connectivity index is 2.33. The fraction of sp³-hybridized carbons (Fsp3) is 0.357. The summed E-state index contributed by atoms with van der Waals surface area (Å²) in [6.07, 6.45) is 1.24. The molecule has 2 aromatic rings. The highest BCUT2D eigenvalue weighted by Crippen LogP contribution is 2.35. The van der Waals surface area contributed by atoms with Gasteiger partial charge in [0.1, 0.15) is 6.10 Å². The molecule has 0 amide bonds. The Morgan fingerprint density at radius 3 is 2.35 bits per heavy atom. The van der Waals surface area contributed by atoms with Gasteiger partial charge in [0.2, 0.25) is 0 Å². The minimum atomic E-state index is -0.605. The fourth-order valence-corrected chi connectivity index (χ4v) is 1.97. The summed E-state index contributed by atoms with van der Waals surface area (Å²) in [6.45, 7) is 4.06. The average molecular weight is 230 g/mol. The van der Waals surface area contributed by atoms with E-state index < -0.39 is 6.10 Å². The highest BCUT2D eigenvalue weighted by atomic mass is 16.3. The van der Waals surface area contributed by atoms with Crippen molar-refractivity contribution in [2.75, 3.05) is 0 Å². The first-order valence-electron chi connectivity index (χ1n) is 5.75. The van der Waals surface area contributed by atoms with Crippen molar-refractivity contribution in [2.45, 2.75) is 25.4 Å². The van der Waals surface area contributed by atoms with Crippen molar-refractivity contribution >= 4 is 0 Å². The minimum absolute atomic E-state index is 0.352. The lowest BCUT2D eigenvalue weighted by molar-refractivity contribution is 0.0955. The summed E-state index contributed by atoms with van der Waals surface area (Å²) in [6, 6.07) is 11.9. The summed E-state index contributed by atoms with van der Waals surface area (Å²) in [5.41, 5.74) is 1.47. The van der Waals surface area contributed by atoms with Crippen molar-refractivity contribution in [1.82, 2.24) is 9.78 Å². The number of aromatic nitrogens is 2. The average Bonchev–Trinajstić information content (AvgIpc) is 2.76. The molecule has 0 radical (unpaired) electrons. The van der Waals surface area contributed by atoms with Crippen LogP contribution in [-0.2, 0) is 12.5 Å². The summed E-state index contributed by atoms with van der Waals surface area (Å²) in [7, 11) is 1.85. The van der Waals surface area contributed by atoms with Gasteiger partial charge in [-0.3, -0.25) is 4.68 Å². The SMILES string of the molecule is Cn1ccc(C(O)C(C)(C)c2ccccc2)n1. The van der Waals surface area contributed by atoms with Crippen LogP contribution in [0.2, 0.25) is 0 Å². The second-order valence-corrected chi connectivity index (χ2v) is 4.90. The second-order valence-electron chi connectivity index (χ2n) is 4.90. The lowest BCUT2D eigenvalue weighted by Crippen LogP contribution is -2.27. The first kappa shape index (κ1) is 11.9. The van der Waals surface area contributed by atoms with E-state index >= 15 is 0 Å². The summed E-state index contributed by atoms with van der Waals surface area (Å²) in [5, 5.41) is 14.7. The molecule has 0 aliphatic rings. The van der Waals surface area contributed by atoms with E-state index in [0.29, 0.717) is 5.69 Å². The maximum Gasteiger partial charge on any atom is 0.107 e.